The zero-order valence-electron chi connectivity index (χ0n) is 12.7. The van der Waals surface area contributed by atoms with Crippen molar-refractivity contribution < 1.29 is 0 Å². The highest BCUT2D eigenvalue weighted by molar-refractivity contribution is 5.50. The van der Waals surface area contributed by atoms with Gasteiger partial charge in [-0.2, -0.15) is 0 Å². The molecule has 0 heterocycles. The number of hydrogen-bond acceptors (Lipinski definition) is 2. The summed E-state index contributed by atoms with van der Waals surface area (Å²) in [5.74, 6) is 0.838. The fraction of sp³-hybridized carbons (Fsp3) is 0.647. The van der Waals surface area contributed by atoms with Gasteiger partial charge in [-0.3, -0.25) is 0 Å². The van der Waals surface area contributed by atoms with Gasteiger partial charge in [-0.25, -0.2) is 0 Å². The Kier molecular flexibility index (Phi) is 4.51. The first kappa shape index (κ1) is 14.4. The molecule has 1 aliphatic carbocycles. The molecule has 2 atom stereocenters. The molecule has 0 saturated heterocycles. The van der Waals surface area contributed by atoms with Gasteiger partial charge >= 0.3 is 0 Å². The third-order valence-electron chi connectivity index (χ3n) is 4.98. The van der Waals surface area contributed by atoms with Crippen LogP contribution in [0, 0.1) is 12.8 Å². The van der Waals surface area contributed by atoms with Crippen molar-refractivity contribution in [3.05, 3.63) is 29.8 Å². The van der Waals surface area contributed by atoms with Gasteiger partial charge in [0.05, 0.1) is 5.54 Å². The minimum Gasteiger partial charge on any atom is -0.368 e. The highest BCUT2D eigenvalue weighted by atomic mass is 15.2. The average molecular weight is 260 g/mol. The first-order chi connectivity index (χ1) is 9.11. The Morgan fingerprint density at radius 1 is 1.42 bits per heavy atom. The first-order valence-electron chi connectivity index (χ1n) is 7.62. The summed E-state index contributed by atoms with van der Waals surface area (Å²) in [6.45, 7) is 5.22. The summed E-state index contributed by atoms with van der Waals surface area (Å²) >= 11 is 0. The van der Waals surface area contributed by atoms with Crippen molar-refractivity contribution in [1.29, 1.82) is 0 Å². The molecule has 2 unspecified atom stereocenters. The van der Waals surface area contributed by atoms with E-state index < -0.39 is 0 Å². The number of hydrogen-bond donors (Lipinski definition) is 1. The Balaban J connectivity index is 2.25. The second kappa shape index (κ2) is 5.96. The van der Waals surface area contributed by atoms with Gasteiger partial charge < -0.3 is 10.6 Å². The number of anilines is 1. The topological polar surface area (TPSA) is 29.3 Å². The maximum absolute atomic E-state index is 6.19. The van der Waals surface area contributed by atoms with Gasteiger partial charge in [0.15, 0.2) is 0 Å². The lowest BCUT2D eigenvalue weighted by atomic mass is 9.73. The maximum Gasteiger partial charge on any atom is 0.0523 e. The molecule has 0 radical (unpaired) electrons. The van der Waals surface area contributed by atoms with Crippen molar-refractivity contribution >= 4 is 5.69 Å². The molecular weight excluding hydrogens is 232 g/mol. The van der Waals surface area contributed by atoms with Crippen molar-refractivity contribution in [1.82, 2.24) is 0 Å². The quantitative estimate of drug-likeness (QED) is 0.894. The Labute approximate surface area is 118 Å². The van der Waals surface area contributed by atoms with Crippen LogP contribution >= 0.6 is 0 Å². The molecule has 106 valence electrons. The Morgan fingerprint density at radius 2 is 2.21 bits per heavy atom. The first-order valence-corrected chi connectivity index (χ1v) is 7.62. The van der Waals surface area contributed by atoms with E-state index in [1.165, 1.54) is 43.4 Å². The molecular formula is C17H28N2. The van der Waals surface area contributed by atoms with Crippen LogP contribution in [0.1, 0.15) is 44.6 Å². The van der Waals surface area contributed by atoms with Gasteiger partial charge in [0, 0.05) is 19.3 Å². The second-order valence-electron chi connectivity index (χ2n) is 6.20. The van der Waals surface area contributed by atoms with Crippen molar-refractivity contribution in [2.45, 2.75) is 51.5 Å². The van der Waals surface area contributed by atoms with Gasteiger partial charge in [-0.05, 0) is 43.4 Å². The lowest BCUT2D eigenvalue weighted by Crippen LogP contribution is -2.55. The van der Waals surface area contributed by atoms with Crippen LogP contribution in [-0.2, 0) is 0 Å². The van der Waals surface area contributed by atoms with E-state index in [4.69, 9.17) is 5.73 Å². The molecule has 0 bridgehead atoms. The lowest BCUT2D eigenvalue weighted by Gasteiger charge is -2.48. The molecule has 0 aliphatic heterocycles. The highest BCUT2D eigenvalue weighted by Gasteiger charge is 2.38. The molecule has 1 saturated carbocycles. The van der Waals surface area contributed by atoms with Crippen LogP contribution in [-0.4, -0.2) is 19.1 Å². The smallest absolute Gasteiger partial charge is 0.0523 e. The van der Waals surface area contributed by atoms with Crippen molar-refractivity contribution in [3.63, 3.8) is 0 Å². The molecule has 2 heteroatoms. The summed E-state index contributed by atoms with van der Waals surface area (Å²) in [6, 6.07) is 8.78. The molecule has 2 rings (SSSR count). The molecule has 1 aromatic rings. The van der Waals surface area contributed by atoms with E-state index in [0.717, 1.165) is 12.5 Å². The maximum atomic E-state index is 6.19. The number of likely N-dealkylation sites (N-methyl/N-ethyl adjacent to an activating group) is 1. The SMILES string of the molecule is CCC1CCCC(CN)(N(C)c2cccc(C)c2)C1. The van der Waals surface area contributed by atoms with E-state index in [-0.39, 0.29) is 5.54 Å². The monoisotopic (exact) mass is 260 g/mol. The molecule has 2 N–H and O–H groups in total. The van der Waals surface area contributed by atoms with Crippen LogP contribution in [0.5, 0.6) is 0 Å². The number of rotatable bonds is 4. The molecule has 19 heavy (non-hydrogen) atoms. The Bertz CT molecular complexity index is 415. The summed E-state index contributed by atoms with van der Waals surface area (Å²) in [6.07, 6.45) is 6.43. The number of nitrogens with zero attached hydrogens (tertiary/aromatic N) is 1. The molecule has 0 amide bonds. The summed E-state index contributed by atoms with van der Waals surface area (Å²) in [5, 5.41) is 0. The van der Waals surface area contributed by atoms with Crippen LogP contribution in [0.2, 0.25) is 0 Å². The van der Waals surface area contributed by atoms with E-state index in [1.807, 2.05) is 0 Å². The van der Waals surface area contributed by atoms with Gasteiger partial charge in [-0.1, -0.05) is 38.3 Å². The lowest BCUT2D eigenvalue weighted by molar-refractivity contribution is 0.218. The predicted octanol–water partition coefficient (Wildman–Crippen LogP) is 3.73. The van der Waals surface area contributed by atoms with Crippen molar-refractivity contribution in [2.75, 3.05) is 18.5 Å². The highest BCUT2D eigenvalue weighted by Crippen LogP contribution is 2.39. The van der Waals surface area contributed by atoms with E-state index >= 15 is 0 Å². The summed E-state index contributed by atoms with van der Waals surface area (Å²) in [5.41, 5.74) is 8.98. The fourth-order valence-corrected chi connectivity index (χ4v) is 3.55. The predicted molar refractivity (Wildman–Crippen MR) is 83.6 cm³/mol. The van der Waals surface area contributed by atoms with Crippen LogP contribution in [0.3, 0.4) is 0 Å². The van der Waals surface area contributed by atoms with Crippen molar-refractivity contribution in [2.24, 2.45) is 11.7 Å². The van der Waals surface area contributed by atoms with E-state index in [2.05, 4.69) is 50.1 Å². The molecule has 2 nitrogen and oxygen atoms in total. The Hall–Kier alpha value is -1.02. The van der Waals surface area contributed by atoms with Gasteiger partial charge in [0.1, 0.15) is 0 Å². The average Bonchev–Trinajstić information content (AvgIpc) is 2.46. The van der Waals surface area contributed by atoms with Crippen molar-refractivity contribution in [3.8, 4) is 0 Å². The van der Waals surface area contributed by atoms with E-state index in [1.54, 1.807) is 0 Å². The zero-order chi connectivity index (χ0) is 13.9. The van der Waals surface area contributed by atoms with Crippen LogP contribution in [0.25, 0.3) is 0 Å². The molecule has 1 fully saturated rings. The molecule has 1 aliphatic rings. The minimum atomic E-state index is 0.159. The normalized spacial score (nSPS) is 27.3. The zero-order valence-corrected chi connectivity index (χ0v) is 12.7. The number of aryl methyl sites for hydroxylation is 1. The van der Waals surface area contributed by atoms with Gasteiger partial charge in [0.25, 0.3) is 0 Å². The Morgan fingerprint density at radius 3 is 2.84 bits per heavy atom. The van der Waals surface area contributed by atoms with E-state index in [9.17, 15) is 0 Å². The van der Waals surface area contributed by atoms with Gasteiger partial charge in [-0.15, -0.1) is 0 Å². The number of benzene rings is 1. The molecule has 1 aromatic carbocycles. The van der Waals surface area contributed by atoms with Crippen LogP contribution < -0.4 is 10.6 Å². The largest absolute Gasteiger partial charge is 0.368 e. The summed E-state index contributed by atoms with van der Waals surface area (Å²) in [4.78, 5) is 2.45. The third-order valence-corrected chi connectivity index (χ3v) is 4.98. The number of nitrogens with two attached hydrogens (primary N) is 1. The second-order valence-corrected chi connectivity index (χ2v) is 6.20. The van der Waals surface area contributed by atoms with E-state index in [0.29, 0.717) is 0 Å². The third kappa shape index (κ3) is 2.94. The fourth-order valence-electron chi connectivity index (χ4n) is 3.55. The minimum absolute atomic E-state index is 0.159. The van der Waals surface area contributed by atoms with Crippen LogP contribution in [0.15, 0.2) is 24.3 Å². The standard InChI is InChI=1S/C17H28N2/c1-4-15-8-6-10-17(12-15,13-18)19(3)16-9-5-7-14(2)11-16/h5,7,9,11,15H,4,6,8,10,12-13,18H2,1-3H3. The van der Waals surface area contributed by atoms with Gasteiger partial charge in [0.2, 0.25) is 0 Å². The summed E-state index contributed by atoms with van der Waals surface area (Å²) < 4.78 is 0. The molecule has 0 aromatic heterocycles. The summed E-state index contributed by atoms with van der Waals surface area (Å²) in [7, 11) is 2.22. The molecule has 0 spiro atoms. The van der Waals surface area contributed by atoms with Crippen LogP contribution in [0.4, 0.5) is 5.69 Å².